The molecule has 2 heterocycles. The number of hydrogen-bond donors (Lipinski definition) is 1. The topological polar surface area (TPSA) is 60.0 Å². The fourth-order valence-corrected chi connectivity index (χ4v) is 4.51. The van der Waals surface area contributed by atoms with Gasteiger partial charge in [-0.1, -0.05) is 43.0 Å². The number of carbonyl (C=O) groups excluding carboxylic acids is 1. The van der Waals surface area contributed by atoms with Gasteiger partial charge in [0.05, 0.1) is 18.8 Å². The summed E-state index contributed by atoms with van der Waals surface area (Å²) in [6.45, 7) is 5.61. The van der Waals surface area contributed by atoms with Crippen molar-refractivity contribution in [1.29, 1.82) is 0 Å². The number of methoxy groups -OCH3 is 1. The molecule has 0 aromatic heterocycles. The summed E-state index contributed by atoms with van der Waals surface area (Å²) in [5.41, 5.74) is 0.454. The highest BCUT2D eigenvalue weighted by atomic mass is 32.1. The van der Waals surface area contributed by atoms with Gasteiger partial charge < -0.3 is 19.5 Å². The number of rotatable bonds is 5. The zero-order valence-corrected chi connectivity index (χ0v) is 17.1. The summed E-state index contributed by atoms with van der Waals surface area (Å²) >= 11 is 5.71. The Morgan fingerprint density at radius 3 is 2.79 bits per heavy atom. The first kappa shape index (κ1) is 19.3. The Hall–Kier alpha value is -3.06. The highest BCUT2D eigenvalue weighted by Crippen LogP contribution is 2.50. The molecular weight excluding hydrogens is 388 g/mol. The summed E-state index contributed by atoms with van der Waals surface area (Å²) in [5, 5.41) is 3.78. The Morgan fingerprint density at radius 2 is 2.03 bits per heavy atom. The van der Waals surface area contributed by atoms with Crippen LogP contribution in [0.3, 0.4) is 0 Å². The zero-order valence-electron chi connectivity index (χ0n) is 16.3. The molecule has 0 aliphatic carbocycles. The van der Waals surface area contributed by atoms with E-state index in [0.717, 1.165) is 5.56 Å². The summed E-state index contributed by atoms with van der Waals surface area (Å²) in [4.78, 5) is 14.9. The van der Waals surface area contributed by atoms with Crippen LogP contribution in [0.5, 0.6) is 11.5 Å². The number of nitrogens with zero attached hydrogens (tertiary/aromatic N) is 1. The smallest absolute Gasteiger partial charge is 0.317 e. The van der Waals surface area contributed by atoms with Crippen LogP contribution in [0.2, 0.25) is 0 Å². The van der Waals surface area contributed by atoms with Gasteiger partial charge >= 0.3 is 5.97 Å². The predicted octanol–water partition coefficient (Wildman–Crippen LogP) is 3.59. The molecule has 2 aromatic carbocycles. The molecule has 1 saturated heterocycles. The molecule has 3 atom stereocenters. The number of nitrogens with one attached hydrogen (secondary N) is 1. The minimum atomic E-state index is -1.12. The van der Waals surface area contributed by atoms with Crippen molar-refractivity contribution in [2.45, 2.75) is 18.7 Å². The second-order valence-electron chi connectivity index (χ2n) is 7.03. The van der Waals surface area contributed by atoms with Crippen LogP contribution in [-0.4, -0.2) is 30.5 Å². The Balaban J connectivity index is 1.88. The maximum Gasteiger partial charge on any atom is 0.317 e. The first-order valence-corrected chi connectivity index (χ1v) is 9.71. The maximum absolute atomic E-state index is 13.1. The number of benzene rings is 2. The van der Waals surface area contributed by atoms with Gasteiger partial charge in [-0.05, 0) is 37.3 Å². The molecule has 2 aromatic rings. The molecule has 1 fully saturated rings. The Labute approximate surface area is 175 Å². The van der Waals surface area contributed by atoms with Gasteiger partial charge in [-0.25, -0.2) is 0 Å². The molecule has 1 N–H and O–H groups in total. The molecule has 2 aliphatic rings. The molecule has 6 nitrogen and oxygen atoms in total. The van der Waals surface area contributed by atoms with Crippen molar-refractivity contribution in [1.82, 2.24) is 5.32 Å². The molecule has 2 bridgehead atoms. The highest BCUT2D eigenvalue weighted by molar-refractivity contribution is 7.80. The van der Waals surface area contributed by atoms with E-state index in [1.165, 1.54) is 0 Å². The average Bonchev–Trinajstić information content (AvgIpc) is 2.71. The van der Waals surface area contributed by atoms with Crippen molar-refractivity contribution < 1.29 is 19.0 Å². The van der Waals surface area contributed by atoms with E-state index in [1.807, 2.05) is 55.5 Å². The molecule has 0 saturated carbocycles. The van der Waals surface area contributed by atoms with E-state index in [-0.39, 0.29) is 18.6 Å². The van der Waals surface area contributed by atoms with Gasteiger partial charge in [0.1, 0.15) is 24.0 Å². The maximum atomic E-state index is 13.1. The van der Waals surface area contributed by atoms with Crippen molar-refractivity contribution >= 4 is 29.0 Å². The molecule has 2 aliphatic heterocycles. The molecule has 0 spiro atoms. The number of carbonyl (C=O) groups is 1. The van der Waals surface area contributed by atoms with Crippen LogP contribution in [0.4, 0.5) is 5.69 Å². The normalized spacial score (nSPS) is 24.6. The number of esters is 1. The molecule has 0 amide bonds. The van der Waals surface area contributed by atoms with Crippen LogP contribution >= 0.6 is 12.2 Å². The van der Waals surface area contributed by atoms with Crippen molar-refractivity contribution in [3.05, 3.63) is 66.7 Å². The molecule has 3 unspecified atom stereocenters. The molecule has 29 heavy (non-hydrogen) atoms. The summed E-state index contributed by atoms with van der Waals surface area (Å²) in [6, 6.07) is 14.8. The average molecular weight is 410 g/mol. The number of para-hydroxylation sites is 3. The fourth-order valence-electron chi connectivity index (χ4n) is 4.10. The number of hydrogen-bond acceptors (Lipinski definition) is 5. The second kappa shape index (κ2) is 7.40. The van der Waals surface area contributed by atoms with E-state index in [9.17, 15) is 4.79 Å². The van der Waals surface area contributed by atoms with Crippen LogP contribution in [0.25, 0.3) is 0 Å². The van der Waals surface area contributed by atoms with Crippen LogP contribution < -0.4 is 19.7 Å². The van der Waals surface area contributed by atoms with E-state index in [4.69, 9.17) is 26.4 Å². The number of ether oxygens (including phenoxy) is 3. The third-order valence-corrected chi connectivity index (χ3v) is 5.63. The van der Waals surface area contributed by atoms with E-state index in [1.54, 1.807) is 18.1 Å². The van der Waals surface area contributed by atoms with Crippen molar-refractivity contribution in [3.8, 4) is 11.5 Å². The molecular formula is C22H22N2O4S. The quantitative estimate of drug-likeness (QED) is 0.459. The second-order valence-corrected chi connectivity index (χ2v) is 7.41. The van der Waals surface area contributed by atoms with Crippen LogP contribution in [0.1, 0.15) is 18.5 Å². The van der Waals surface area contributed by atoms with Crippen molar-refractivity contribution in [2.75, 3.05) is 18.6 Å². The van der Waals surface area contributed by atoms with Crippen LogP contribution in [0, 0.1) is 5.92 Å². The van der Waals surface area contributed by atoms with Gasteiger partial charge in [0.25, 0.3) is 0 Å². The third kappa shape index (κ3) is 3.02. The Kier molecular flexibility index (Phi) is 4.92. The third-order valence-electron chi connectivity index (χ3n) is 5.33. The van der Waals surface area contributed by atoms with Gasteiger partial charge in [0.15, 0.2) is 5.11 Å². The minimum Gasteiger partial charge on any atom is -0.495 e. The van der Waals surface area contributed by atoms with Crippen LogP contribution in [-0.2, 0) is 9.53 Å². The first-order valence-electron chi connectivity index (χ1n) is 9.30. The number of anilines is 1. The lowest BCUT2D eigenvalue weighted by Gasteiger charge is -2.55. The lowest BCUT2D eigenvalue weighted by molar-refractivity contribution is -0.159. The standard InChI is InChI=1S/C22H22N2O4S/c1-4-13-27-20(25)18-19-14-9-5-7-11-16(14)28-22(18,2)24(21(29)23-19)15-10-6-8-12-17(15)26-3/h4-12,18-19H,1,13H2,2-3H3,(H,23,29). The van der Waals surface area contributed by atoms with Gasteiger partial charge in [-0.2, -0.15) is 0 Å². The Bertz CT molecular complexity index is 979. The van der Waals surface area contributed by atoms with E-state index >= 15 is 0 Å². The molecule has 0 radical (unpaired) electrons. The largest absolute Gasteiger partial charge is 0.495 e. The first-order chi connectivity index (χ1) is 14.0. The van der Waals surface area contributed by atoms with E-state index < -0.39 is 11.6 Å². The summed E-state index contributed by atoms with van der Waals surface area (Å²) < 4.78 is 17.4. The fraction of sp³-hybridized carbons (Fsp3) is 0.273. The Morgan fingerprint density at radius 1 is 1.31 bits per heavy atom. The summed E-state index contributed by atoms with van der Waals surface area (Å²) in [7, 11) is 1.59. The lowest BCUT2D eigenvalue weighted by Crippen LogP contribution is -2.71. The zero-order chi connectivity index (χ0) is 20.6. The molecule has 4 rings (SSSR count). The molecule has 7 heteroatoms. The highest BCUT2D eigenvalue weighted by Gasteiger charge is 2.60. The van der Waals surface area contributed by atoms with E-state index in [2.05, 4.69) is 11.9 Å². The number of fused-ring (bicyclic) bond motifs is 4. The van der Waals surface area contributed by atoms with E-state index in [0.29, 0.717) is 22.3 Å². The number of thiocarbonyl (C=S) groups is 1. The lowest BCUT2D eigenvalue weighted by atomic mass is 9.79. The summed E-state index contributed by atoms with van der Waals surface area (Å²) in [6.07, 6.45) is 1.55. The summed E-state index contributed by atoms with van der Waals surface area (Å²) in [5.74, 6) is 0.260. The van der Waals surface area contributed by atoms with Gasteiger partial charge in [-0.3, -0.25) is 9.69 Å². The molecule has 150 valence electrons. The minimum absolute atomic E-state index is 0.124. The van der Waals surface area contributed by atoms with Gasteiger partial charge in [0, 0.05) is 5.56 Å². The van der Waals surface area contributed by atoms with Gasteiger partial charge in [-0.15, -0.1) is 0 Å². The van der Waals surface area contributed by atoms with Gasteiger partial charge in [0.2, 0.25) is 5.72 Å². The van der Waals surface area contributed by atoms with Crippen molar-refractivity contribution in [3.63, 3.8) is 0 Å². The monoisotopic (exact) mass is 410 g/mol. The van der Waals surface area contributed by atoms with Crippen molar-refractivity contribution in [2.24, 2.45) is 5.92 Å². The van der Waals surface area contributed by atoms with Crippen LogP contribution in [0.15, 0.2) is 61.2 Å². The predicted molar refractivity (Wildman–Crippen MR) is 114 cm³/mol. The SMILES string of the molecule is C=CCOC(=O)C1C2NC(=S)N(c3ccccc3OC)C1(C)Oc1ccccc12.